The predicted octanol–water partition coefficient (Wildman–Crippen LogP) is 1.95. The van der Waals surface area contributed by atoms with Crippen molar-refractivity contribution >= 4 is 5.82 Å². The summed E-state index contributed by atoms with van der Waals surface area (Å²) in [5.74, 6) is 1.47. The van der Waals surface area contributed by atoms with Gasteiger partial charge < -0.3 is 5.32 Å². The molecule has 15 heavy (non-hydrogen) atoms. The lowest BCUT2D eigenvalue weighted by Crippen LogP contribution is -2.17. The monoisotopic (exact) mass is 202 g/mol. The van der Waals surface area contributed by atoms with Crippen molar-refractivity contribution in [2.24, 2.45) is 5.92 Å². The summed E-state index contributed by atoms with van der Waals surface area (Å²) in [7, 11) is 0. The van der Waals surface area contributed by atoms with E-state index in [-0.39, 0.29) is 0 Å². The van der Waals surface area contributed by atoms with E-state index in [1.165, 1.54) is 19.0 Å². The summed E-state index contributed by atoms with van der Waals surface area (Å²) in [5, 5.41) is 19.8. The Kier molecular flexibility index (Phi) is 2.82. The van der Waals surface area contributed by atoms with Gasteiger partial charge in [0.1, 0.15) is 6.07 Å². The van der Waals surface area contributed by atoms with Crippen molar-refractivity contribution in [1.29, 1.82) is 5.26 Å². The molecule has 0 saturated heterocycles. The molecule has 1 saturated carbocycles. The first kappa shape index (κ1) is 9.91. The van der Waals surface area contributed by atoms with Crippen LogP contribution in [0.15, 0.2) is 12.3 Å². The number of aromatic nitrogens is 2. The lowest BCUT2D eigenvalue weighted by atomic mass is 10.1. The van der Waals surface area contributed by atoms with E-state index in [0.29, 0.717) is 17.4 Å². The van der Waals surface area contributed by atoms with Gasteiger partial charge in [0, 0.05) is 6.04 Å². The molecule has 1 aromatic heterocycles. The Balaban J connectivity index is 1.99. The fourth-order valence-corrected chi connectivity index (χ4v) is 1.67. The van der Waals surface area contributed by atoms with Gasteiger partial charge in [0.2, 0.25) is 0 Å². The van der Waals surface area contributed by atoms with E-state index in [4.69, 9.17) is 5.26 Å². The van der Waals surface area contributed by atoms with Gasteiger partial charge in [-0.1, -0.05) is 12.8 Å². The van der Waals surface area contributed by atoms with E-state index < -0.39 is 0 Å². The van der Waals surface area contributed by atoms with Crippen molar-refractivity contribution in [3.8, 4) is 6.07 Å². The molecule has 1 fully saturated rings. The largest absolute Gasteiger partial charge is 0.365 e. The minimum atomic E-state index is 0.362. The average molecular weight is 202 g/mol. The van der Waals surface area contributed by atoms with Gasteiger partial charge in [0.15, 0.2) is 5.82 Å². The topological polar surface area (TPSA) is 61.6 Å². The van der Waals surface area contributed by atoms with Crippen molar-refractivity contribution in [2.45, 2.75) is 32.2 Å². The third-order valence-corrected chi connectivity index (χ3v) is 2.61. The Hall–Kier alpha value is -1.63. The highest BCUT2D eigenvalue weighted by Gasteiger charge is 2.23. The molecule has 1 aliphatic carbocycles. The number of anilines is 1. The summed E-state index contributed by atoms with van der Waals surface area (Å²) in [6.07, 6.45) is 5.38. The highest BCUT2D eigenvalue weighted by Crippen LogP contribution is 2.34. The summed E-state index contributed by atoms with van der Waals surface area (Å²) in [5.41, 5.74) is 0.563. The fraction of sp³-hybridized carbons (Fsp3) is 0.545. The van der Waals surface area contributed by atoms with Gasteiger partial charge in [-0.3, -0.25) is 0 Å². The van der Waals surface area contributed by atoms with Crippen molar-refractivity contribution in [1.82, 2.24) is 10.2 Å². The lowest BCUT2D eigenvalue weighted by molar-refractivity contribution is 0.638. The minimum Gasteiger partial charge on any atom is -0.365 e. The van der Waals surface area contributed by atoms with Crippen LogP contribution in [0.5, 0.6) is 0 Å². The average Bonchev–Trinajstić information content (AvgIpc) is 3.02. The van der Waals surface area contributed by atoms with Gasteiger partial charge in [-0.25, -0.2) is 0 Å². The number of nitrogens with zero attached hydrogens (tertiary/aromatic N) is 3. The third kappa shape index (κ3) is 2.66. The quantitative estimate of drug-likeness (QED) is 0.810. The molecular formula is C11H14N4. The first-order valence-corrected chi connectivity index (χ1v) is 5.28. The molecule has 1 aliphatic rings. The molecular weight excluding hydrogens is 188 g/mol. The fourth-order valence-electron chi connectivity index (χ4n) is 1.67. The standard InChI is InChI=1S/C11H14N4/c1-8(6-9-2-3-9)14-11-10(7-12)4-5-13-15-11/h4-5,8-9H,2-3,6H2,1H3,(H,14,15). The Morgan fingerprint density at radius 2 is 2.47 bits per heavy atom. The molecule has 0 aliphatic heterocycles. The second-order valence-corrected chi connectivity index (χ2v) is 4.13. The zero-order valence-electron chi connectivity index (χ0n) is 8.77. The second kappa shape index (κ2) is 4.26. The van der Waals surface area contributed by atoms with E-state index in [1.807, 2.05) is 0 Å². The van der Waals surface area contributed by atoms with Gasteiger partial charge in [-0.2, -0.15) is 10.4 Å². The zero-order valence-corrected chi connectivity index (χ0v) is 8.77. The smallest absolute Gasteiger partial charge is 0.166 e. The molecule has 0 aromatic carbocycles. The summed E-state index contributed by atoms with van der Waals surface area (Å²) < 4.78 is 0. The maximum Gasteiger partial charge on any atom is 0.166 e. The van der Waals surface area contributed by atoms with Crippen LogP contribution in [0.4, 0.5) is 5.82 Å². The molecule has 2 rings (SSSR count). The predicted molar refractivity (Wildman–Crippen MR) is 57.2 cm³/mol. The van der Waals surface area contributed by atoms with Gasteiger partial charge in [0.05, 0.1) is 11.8 Å². The SMILES string of the molecule is CC(CC1CC1)Nc1nnccc1C#N. The Morgan fingerprint density at radius 1 is 1.67 bits per heavy atom. The van der Waals surface area contributed by atoms with Crippen LogP contribution in [0.25, 0.3) is 0 Å². The van der Waals surface area contributed by atoms with Crippen LogP contribution in [-0.2, 0) is 0 Å². The number of hydrogen-bond donors (Lipinski definition) is 1. The molecule has 4 nitrogen and oxygen atoms in total. The molecule has 0 spiro atoms. The Labute approximate surface area is 89.3 Å². The molecule has 1 unspecified atom stereocenters. The highest BCUT2D eigenvalue weighted by atomic mass is 15.2. The maximum atomic E-state index is 8.87. The molecule has 1 atom stereocenters. The molecule has 78 valence electrons. The summed E-state index contributed by atoms with van der Waals surface area (Å²) in [6.45, 7) is 2.12. The normalized spacial score (nSPS) is 16.8. The summed E-state index contributed by atoms with van der Waals surface area (Å²) in [6, 6.07) is 4.15. The summed E-state index contributed by atoms with van der Waals surface area (Å²) >= 11 is 0. The second-order valence-electron chi connectivity index (χ2n) is 4.13. The highest BCUT2D eigenvalue weighted by molar-refractivity contribution is 5.50. The summed E-state index contributed by atoms with van der Waals surface area (Å²) in [4.78, 5) is 0. The molecule has 1 aromatic rings. The molecule has 0 radical (unpaired) electrons. The van der Waals surface area contributed by atoms with Gasteiger partial charge >= 0.3 is 0 Å². The van der Waals surface area contributed by atoms with Gasteiger partial charge in [-0.15, -0.1) is 5.10 Å². The molecule has 4 heteroatoms. The number of nitrogens with one attached hydrogen (secondary N) is 1. The zero-order chi connectivity index (χ0) is 10.7. The van der Waals surface area contributed by atoms with E-state index in [2.05, 4.69) is 28.5 Å². The minimum absolute atomic E-state index is 0.362. The Bertz CT molecular complexity index is 378. The molecule has 0 bridgehead atoms. The molecule has 1 heterocycles. The van der Waals surface area contributed by atoms with Crippen molar-refractivity contribution in [2.75, 3.05) is 5.32 Å². The van der Waals surface area contributed by atoms with Crippen LogP contribution in [0.2, 0.25) is 0 Å². The third-order valence-electron chi connectivity index (χ3n) is 2.61. The maximum absolute atomic E-state index is 8.87. The van der Waals surface area contributed by atoms with Crippen LogP contribution in [0.1, 0.15) is 31.7 Å². The first-order chi connectivity index (χ1) is 7.29. The lowest BCUT2D eigenvalue weighted by Gasteiger charge is -2.13. The molecule has 0 amide bonds. The van der Waals surface area contributed by atoms with Gasteiger partial charge in [0.25, 0.3) is 0 Å². The van der Waals surface area contributed by atoms with Crippen LogP contribution < -0.4 is 5.32 Å². The van der Waals surface area contributed by atoms with Crippen LogP contribution in [0.3, 0.4) is 0 Å². The van der Waals surface area contributed by atoms with Crippen LogP contribution in [0, 0.1) is 17.2 Å². The Morgan fingerprint density at radius 3 is 3.13 bits per heavy atom. The molecule has 1 N–H and O–H groups in total. The van der Waals surface area contributed by atoms with Crippen LogP contribution >= 0.6 is 0 Å². The first-order valence-electron chi connectivity index (χ1n) is 5.28. The number of nitriles is 1. The van der Waals surface area contributed by atoms with E-state index in [9.17, 15) is 0 Å². The van der Waals surface area contributed by atoms with E-state index in [1.54, 1.807) is 6.07 Å². The van der Waals surface area contributed by atoms with Crippen molar-refractivity contribution in [3.05, 3.63) is 17.8 Å². The van der Waals surface area contributed by atoms with Crippen molar-refractivity contribution < 1.29 is 0 Å². The van der Waals surface area contributed by atoms with E-state index in [0.717, 1.165) is 12.3 Å². The van der Waals surface area contributed by atoms with Gasteiger partial charge in [-0.05, 0) is 25.3 Å². The van der Waals surface area contributed by atoms with Crippen molar-refractivity contribution in [3.63, 3.8) is 0 Å². The number of rotatable bonds is 4. The number of hydrogen-bond acceptors (Lipinski definition) is 4. The van der Waals surface area contributed by atoms with Crippen LogP contribution in [-0.4, -0.2) is 16.2 Å². The van der Waals surface area contributed by atoms with E-state index >= 15 is 0 Å².